The summed E-state index contributed by atoms with van der Waals surface area (Å²) in [6.07, 6.45) is 3.69. The van der Waals surface area contributed by atoms with Gasteiger partial charge in [0, 0.05) is 36.1 Å². The van der Waals surface area contributed by atoms with Gasteiger partial charge >= 0.3 is 0 Å². The fraction of sp³-hybridized carbons (Fsp3) is 0.455. The second kappa shape index (κ2) is 9.52. The predicted molar refractivity (Wildman–Crippen MR) is 116 cm³/mol. The highest BCUT2D eigenvalue weighted by atomic mass is 79.9. The van der Waals surface area contributed by atoms with Crippen molar-refractivity contribution in [1.82, 2.24) is 10.3 Å². The van der Waals surface area contributed by atoms with Crippen LogP contribution in [0.5, 0.6) is 0 Å². The molecule has 28 heavy (non-hydrogen) atoms. The van der Waals surface area contributed by atoms with Gasteiger partial charge in [-0.25, -0.2) is 4.98 Å². The van der Waals surface area contributed by atoms with Crippen LogP contribution in [0.4, 0.5) is 11.5 Å². The van der Waals surface area contributed by atoms with E-state index < -0.39 is 0 Å². The lowest BCUT2D eigenvalue weighted by molar-refractivity contribution is 0.0642. The van der Waals surface area contributed by atoms with Crippen LogP contribution >= 0.6 is 15.9 Å². The maximum absolute atomic E-state index is 12.8. The summed E-state index contributed by atoms with van der Waals surface area (Å²) < 4.78 is 6.43. The van der Waals surface area contributed by atoms with Crippen molar-refractivity contribution in [2.45, 2.75) is 39.5 Å². The maximum Gasteiger partial charge on any atom is 0.253 e. The molecular weight excluding hydrogens is 418 g/mol. The van der Waals surface area contributed by atoms with E-state index in [0.29, 0.717) is 18.0 Å². The van der Waals surface area contributed by atoms with Crippen LogP contribution in [-0.2, 0) is 4.74 Å². The van der Waals surface area contributed by atoms with Crippen molar-refractivity contribution in [3.05, 3.63) is 51.6 Å². The summed E-state index contributed by atoms with van der Waals surface area (Å²) in [6.45, 7) is 8.51. The van der Waals surface area contributed by atoms with Crippen molar-refractivity contribution in [3.8, 4) is 0 Å². The van der Waals surface area contributed by atoms with Gasteiger partial charge in [0.2, 0.25) is 0 Å². The lowest BCUT2D eigenvalue weighted by atomic mass is 9.97. The second-order valence-electron chi connectivity index (χ2n) is 7.67. The highest BCUT2D eigenvalue weighted by Gasteiger charge is 2.19. The summed E-state index contributed by atoms with van der Waals surface area (Å²) in [5.41, 5.74) is 3.78. The smallest absolute Gasteiger partial charge is 0.253 e. The number of carbonyl (C=O) groups is 1. The van der Waals surface area contributed by atoms with E-state index in [2.05, 4.69) is 52.3 Å². The Hall–Kier alpha value is -1.92. The minimum Gasteiger partial charge on any atom is -0.381 e. The summed E-state index contributed by atoms with van der Waals surface area (Å²) >= 11 is 3.56. The first-order valence-corrected chi connectivity index (χ1v) is 10.6. The number of rotatable bonds is 6. The third-order valence-corrected chi connectivity index (χ3v) is 5.99. The Morgan fingerprint density at radius 1 is 1.29 bits per heavy atom. The Morgan fingerprint density at radius 3 is 2.71 bits per heavy atom. The predicted octanol–water partition coefficient (Wildman–Crippen LogP) is 5.18. The van der Waals surface area contributed by atoms with E-state index in [1.54, 1.807) is 6.20 Å². The molecule has 6 heteroatoms. The largest absolute Gasteiger partial charge is 0.381 e. The highest BCUT2D eigenvalue weighted by molar-refractivity contribution is 9.10. The SMILES string of the molecule is Cc1ccc(Nc2cc(C(C)C)c(C(=O)NCC3CCOCC3)cn2)cc1Br. The average molecular weight is 446 g/mol. The van der Waals surface area contributed by atoms with Gasteiger partial charge in [0.15, 0.2) is 0 Å². The number of benzene rings is 1. The summed E-state index contributed by atoms with van der Waals surface area (Å²) in [4.78, 5) is 17.2. The number of hydrogen-bond acceptors (Lipinski definition) is 4. The van der Waals surface area contributed by atoms with Crippen molar-refractivity contribution >= 4 is 33.3 Å². The van der Waals surface area contributed by atoms with Crippen molar-refractivity contribution in [1.29, 1.82) is 0 Å². The zero-order valence-corrected chi connectivity index (χ0v) is 18.3. The minimum absolute atomic E-state index is 0.0488. The molecule has 0 aliphatic carbocycles. The van der Waals surface area contributed by atoms with Crippen LogP contribution in [0.3, 0.4) is 0 Å². The first-order valence-electron chi connectivity index (χ1n) is 9.83. The molecular formula is C22H28BrN3O2. The van der Waals surface area contributed by atoms with Gasteiger partial charge in [-0.1, -0.05) is 35.8 Å². The lowest BCUT2D eigenvalue weighted by Gasteiger charge is -2.22. The van der Waals surface area contributed by atoms with Gasteiger partial charge in [-0.2, -0.15) is 0 Å². The molecule has 1 aromatic carbocycles. The van der Waals surface area contributed by atoms with Crippen LogP contribution in [-0.4, -0.2) is 30.6 Å². The molecule has 1 aromatic heterocycles. The molecule has 0 saturated carbocycles. The van der Waals surface area contributed by atoms with Crippen LogP contribution in [0.15, 0.2) is 34.9 Å². The number of ether oxygens (including phenoxy) is 1. The van der Waals surface area contributed by atoms with Crippen molar-refractivity contribution in [2.24, 2.45) is 5.92 Å². The molecule has 1 aliphatic rings. The van der Waals surface area contributed by atoms with E-state index in [1.807, 2.05) is 24.3 Å². The van der Waals surface area contributed by atoms with Gasteiger partial charge in [0.05, 0.1) is 5.56 Å². The number of nitrogens with one attached hydrogen (secondary N) is 2. The maximum atomic E-state index is 12.8. The summed E-state index contributed by atoms with van der Waals surface area (Å²) in [6, 6.07) is 8.07. The molecule has 2 N–H and O–H groups in total. The summed E-state index contributed by atoms with van der Waals surface area (Å²) in [5.74, 6) is 1.40. The number of amides is 1. The molecule has 0 spiro atoms. The Kier molecular flexibility index (Phi) is 7.08. The molecule has 0 atom stereocenters. The van der Waals surface area contributed by atoms with Gasteiger partial charge in [-0.05, 0) is 60.9 Å². The topological polar surface area (TPSA) is 63.2 Å². The normalized spacial score (nSPS) is 14.9. The molecule has 0 radical (unpaired) electrons. The van der Waals surface area contributed by atoms with E-state index in [0.717, 1.165) is 47.6 Å². The standard InChI is InChI=1S/C22H28BrN3O2/c1-14(2)18-11-21(26-17-5-4-15(3)20(23)10-17)24-13-19(18)22(27)25-12-16-6-8-28-9-7-16/h4-5,10-11,13-14,16H,6-9,12H2,1-3H3,(H,24,26)(H,25,27). The average Bonchev–Trinajstić information content (AvgIpc) is 2.69. The second-order valence-corrected chi connectivity index (χ2v) is 8.52. The van der Waals surface area contributed by atoms with Crippen LogP contribution < -0.4 is 10.6 Å². The van der Waals surface area contributed by atoms with E-state index in [1.165, 1.54) is 5.56 Å². The molecule has 5 nitrogen and oxygen atoms in total. The Bertz CT molecular complexity index is 833. The van der Waals surface area contributed by atoms with Crippen molar-refractivity contribution in [3.63, 3.8) is 0 Å². The van der Waals surface area contributed by atoms with Crippen LogP contribution in [0.25, 0.3) is 0 Å². The number of aryl methyl sites for hydroxylation is 1. The zero-order chi connectivity index (χ0) is 20.1. The molecule has 2 heterocycles. The third kappa shape index (κ3) is 5.32. The van der Waals surface area contributed by atoms with Crippen LogP contribution in [0, 0.1) is 12.8 Å². The highest BCUT2D eigenvalue weighted by Crippen LogP contribution is 2.26. The van der Waals surface area contributed by atoms with E-state index in [4.69, 9.17) is 4.74 Å². The third-order valence-electron chi connectivity index (χ3n) is 5.14. The number of aromatic nitrogens is 1. The molecule has 1 fully saturated rings. The monoisotopic (exact) mass is 445 g/mol. The molecule has 1 amide bonds. The number of halogens is 1. The van der Waals surface area contributed by atoms with Gasteiger partial charge in [-0.3, -0.25) is 4.79 Å². The van der Waals surface area contributed by atoms with Crippen LogP contribution in [0.1, 0.15) is 54.1 Å². The number of carbonyl (C=O) groups excluding carboxylic acids is 1. The van der Waals surface area contributed by atoms with Crippen LogP contribution in [0.2, 0.25) is 0 Å². The fourth-order valence-electron chi connectivity index (χ4n) is 3.31. The molecule has 2 aromatic rings. The zero-order valence-electron chi connectivity index (χ0n) is 16.7. The molecule has 0 bridgehead atoms. The minimum atomic E-state index is -0.0488. The van der Waals surface area contributed by atoms with Crippen molar-refractivity contribution in [2.75, 3.05) is 25.1 Å². The Balaban J connectivity index is 1.72. The first-order chi connectivity index (χ1) is 13.4. The van der Waals surface area contributed by atoms with Gasteiger partial charge in [0.1, 0.15) is 5.82 Å². The van der Waals surface area contributed by atoms with E-state index in [-0.39, 0.29) is 11.8 Å². The lowest BCUT2D eigenvalue weighted by Crippen LogP contribution is -2.32. The summed E-state index contributed by atoms with van der Waals surface area (Å²) in [5, 5.41) is 6.42. The van der Waals surface area contributed by atoms with Gasteiger partial charge in [-0.15, -0.1) is 0 Å². The quantitative estimate of drug-likeness (QED) is 0.642. The van der Waals surface area contributed by atoms with E-state index in [9.17, 15) is 4.79 Å². The molecule has 1 aliphatic heterocycles. The van der Waals surface area contributed by atoms with Gasteiger partial charge in [0.25, 0.3) is 5.91 Å². The van der Waals surface area contributed by atoms with Gasteiger partial charge < -0.3 is 15.4 Å². The van der Waals surface area contributed by atoms with Crippen molar-refractivity contribution < 1.29 is 9.53 Å². The Labute approximate surface area is 175 Å². The number of hydrogen-bond donors (Lipinski definition) is 2. The number of anilines is 2. The molecule has 150 valence electrons. The fourth-order valence-corrected chi connectivity index (χ4v) is 3.69. The summed E-state index contributed by atoms with van der Waals surface area (Å²) in [7, 11) is 0. The molecule has 3 rings (SSSR count). The molecule has 1 saturated heterocycles. The Morgan fingerprint density at radius 2 is 2.04 bits per heavy atom. The molecule has 0 unspecified atom stereocenters. The van der Waals surface area contributed by atoms with E-state index >= 15 is 0 Å². The number of nitrogens with zero attached hydrogens (tertiary/aromatic N) is 1. The number of pyridine rings is 1. The first kappa shape index (κ1) is 20.8.